The van der Waals surface area contributed by atoms with Crippen LogP contribution in [0.3, 0.4) is 0 Å². The van der Waals surface area contributed by atoms with Crippen molar-refractivity contribution in [2.75, 3.05) is 6.54 Å². The van der Waals surface area contributed by atoms with E-state index in [9.17, 15) is 8.78 Å². The summed E-state index contributed by atoms with van der Waals surface area (Å²) in [6.07, 6.45) is 0.581. The van der Waals surface area contributed by atoms with Crippen molar-refractivity contribution in [2.45, 2.75) is 25.9 Å². The summed E-state index contributed by atoms with van der Waals surface area (Å²) >= 11 is 0. The third kappa shape index (κ3) is 2.65. The van der Waals surface area contributed by atoms with Crippen molar-refractivity contribution < 1.29 is 13.5 Å². The van der Waals surface area contributed by atoms with Crippen molar-refractivity contribution in [3.8, 4) is 5.75 Å². The maximum absolute atomic E-state index is 13.2. The second-order valence-electron chi connectivity index (χ2n) is 3.66. The summed E-state index contributed by atoms with van der Waals surface area (Å²) in [7, 11) is 0. The average molecular weight is 215 g/mol. The fourth-order valence-corrected chi connectivity index (χ4v) is 1.08. The summed E-state index contributed by atoms with van der Waals surface area (Å²) in [5.74, 6) is -1.77. The lowest BCUT2D eigenvalue weighted by molar-refractivity contribution is 0.0827. The fourth-order valence-electron chi connectivity index (χ4n) is 1.08. The van der Waals surface area contributed by atoms with Gasteiger partial charge in [0.25, 0.3) is 0 Å². The van der Waals surface area contributed by atoms with E-state index in [0.29, 0.717) is 6.42 Å². The lowest BCUT2D eigenvalue weighted by Gasteiger charge is -2.28. The van der Waals surface area contributed by atoms with Crippen molar-refractivity contribution in [3.05, 3.63) is 29.8 Å². The molecule has 0 aliphatic rings. The molecule has 0 saturated heterocycles. The second kappa shape index (κ2) is 4.57. The van der Waals surface area contributed by atoms with Crippen molar-refractivity contribution in [1.82, 2.24) is 0 Å². The lowest BCUT2D eigenvalue weighted by atomic mass is 10.0. The third-order valence-electron chi connectivity index (χ3n) is 2.45. The molecule has 0 bridgehead atoms. The third-order valence-corrected chi connectivity index (χ3v) is 2.45. The van der Waals surface area contributed by atoms with Gasteiger partial charge in [-0.2, -0.15) is 0 Å². The van der Waals surface area contributed by atoms with E-state index < -0.39 is 17.2 Å². The zero-order valence-corrected chi connectivity index (χ0v) is 8.89. The normalized spacial score (nSPS) is 14.7. The minimum absolute atomic E-state index is 0.206. The number of benzene rings is 1. The summed E-state index contributed by atoms with van der Waals surface area (Å²) in [5, 5.41) is 0. The predicted molar refractivity (Wildman–Crippen MR) is 54.7 cm³/mol. The SMILES string of the molecule is CCC(C)(CN)Oc1c(F)cccc1F. The molecule has 2 N–H and O–H groups in total. The van der Waals surface area contributed by atoms with E-state index >= 15 is 0 Å². The molecule has 1 aromatic rings. The Bertz CT molecular complexity index is 317. The largest absolute Gasteiger partial charge is 0.480 e. The van der Waals surface area contributed by atoms with E-state index in [1.165, 1.54) is 6.07 Å². The minimum Gasteiger partial charge on any atom is -0.480 e. The van der Waals surface area contributed by atoms with Gasteiger partial charge < -0.3 is 10.5 Å². The molecule has 0 aliphatic carbocycles. The molecule has 0 aliphatic heterocycles. The van der Waals surface area contributed by atoms with Crippen LogP contribution in [-0.2, 0) is 0 Å². The first-order valence-corrected chi connectivity index (χ1v) is 4.85. The van der Waals surface area contributed by atoms with Gasteiger partial charge in [-0.1, -0.05) is 13.0 Å². The van der Waals surface area contributed by atoms with E-state index in [1.54, 1.807) is 6.92 Å². The molecule has 1 unspecified atom stereocenters. The highest BCUT2D eigenvalue weighted by Gasteiger charge is 2.25. The Morgan fingerprint density at radius 2 is 1.87 bits per heavy atom. The van der Waals surface area contributed by atoms with Crippen LogP contribution in [0.1, 0.15) is 20.3 Å². The molecule has 0 heterocycles. The first kappa shape index (κ1) is 11.9. The topological polar surface area (TPSA) is 35.2 Å². The van der Waals surface area contributed by atoms with E-state index in [-0.39, 0.29) is 12.3 Å². The van der Waals surface area contributed by atoms with Crippen LogP contribution in [0.2, 0.25) is 0 Å². The predicted octanol–water partition coefficient (Wildman–Crippen LogP) is 2.47. The molecule has 84 valence electrons. The van der Waals surface area contributed by atoms with Gasteiger partial charge in [0.2, 0.25) is 0 Å². The minimum atomic E-state index is -0.733. The molecular weight excluding hydrogens is 200 g/mol. The summed E-state index contributed by atoms with van der Waals surface area (Å²) in [6, 6.07) is 3.61. The Balaban J connectivity index is 2.98. The van der Waals surface area contributed by atoms with Gasteiger partial charge in [0.1, 0.15) is 5.60 Å². The van der Waals surface area contributed by atoms with Gasteiger partial charge in [-0.15, -0.1) is 0 Å². The van der Waals surface area contributed by atoms with Crippen LogP contribution in [0.15, 0.2) is 18.2 Å². The molecule has 0 fully saturated rings. The van der Waals surface area contributed by atoms with Gasteiger partial charge in [-0.05, 0) is 25.5 Å². The first-order valence-electron chi connectivity index (χ1n) is 4.85. The summed E-state index contributed by atoms with van der Waals surface area (Å²) in [5.41, 5.74) is 4.76. The quantitative estimate of drug-likeness (QED) is 0.837. The number of hydrogen-bond acceptors (Lipinski definition) is 2. The number of rotatable bonds is 4. The van der Waals surface area contributed by atoms with Crippen LogP contribution in [0.5, 0.6) is 5.75 Å². The Hall–Kier alpha value is -1.16. The van der Waals surface area contributed by atoms with E-state index in [0.717, 1.165) is 12.1 Å². The average Bonchev–Trinajstić information content (AvgIpc) is 2.23. The van der Waals surface area contributed by atoms with E-state index in [1.807, 2.05) is 6.92 Å². The van der Waals surface area contributed by atoms with Crippen LogP contribution in [0.25, 0.3) is 0 Å². The Morgan fingerprint density at radius 1 is 1.33 bits per heavy atom. The van der Waals surface area contributed by atoms with Crippen LogP contribution < -0.4 is 10.5 Å². The lowest BCUT2D eigenvalue weighted by Crippen LogP contribution is -2.40. The molecule has 1 atom stereocenters. The maximum atomic E-state index is 13.2. The molecule has 2 nitrogen and oxygen atoms in total. The number of para-hydroxylation sites is 1. The van der Waals surface area contributed by atoms with Gasteiger partial charge >= 0.3 is 0 Å². The molecular formula is C11H15F2NO. The zero-order valence-electron chi connectivity index (χ0n) is 8.89. The monoisotopic (exact) mass is 215 g/mol. The van der Waals surface area contributed by atoms with Gasteiger partial charge in [-0.3, -0.25) is 0 Å². The molecule has 0 amide bonds. The van der Waals surface area contributed by atoms with Gasteiger partial charge in [0.15, 0.2) is 17.4 Å². The smallest absolute Gasteiger partial charge is 0.191 e. The molecule has 1 aromatic carbocycles. The second-order valence-corrected chi connectivity index (χ2v) is 3.66. The van der Waals surface area contributed by atoms with Crippen LogP contribution in [0, 0.1) is 11.6 Å². The van der Waals surface area contributed by atoms with Crippen molar-refractivity contribution in [3.63, 3.8) is 0 Å². The van der Waals surface area contributed by atoms with E-state index in [4.69, 9.17) is 10.5 Å². The number of halogens is 2. The summed E-state index contributed by atoms with van der Waals surface area (Å²) in [4.78, 5) is 0. The van der Waals surface area contributed by atoms with Gasteiger partial charge in [0, 0.05) is 6.54 Å². The highest BCUT2D eigenvalue weighted by Crippen LogP contribution is 2.26. The molecule has 0 saturated carbocycles. The van der Waals surface area contributed by atoms with Crippen molar-refractivity contribution >= 4 is 0 Å². The summed E-state index contributed by atoms with van der Waals surface area (Å²) in [6.45, 7) is 3.78. The Kier molecular flexibility index (Phi) is 3.63. The van der Waals surface area contributed by atoms with Crippen LogP contribution in [0.4, 0.5) is 8.78 Å². The molecule has 15 heavy (non-hydrogen) atoms. The maximum Gasteiger partial charge on any atom is 0.191 e. The zero-order chi connectivity index (χ0) is 11.5. The number of nitrogens with two attached hydrogens (primary N) is 1. The molecule has 4 heteroatoms. The van der Waals surface area contributed by atoms with Crippen molar-refractivity contribution in [2.24, 2.45) is 5.73 Å². The van der Waals surface area contributed by atoms with Crippen LogP contribution in [-0.4, -0.2) is 12.1 Å². The molecule has 0 spiro atoms. The molecule has 0 aromatic heterocycles. The van der Waals surface area contributed by atoms with Crippen molar-refractivity contribution in [1.29, 1.82) is 0 Å². The van der Waals surface area contributed by atoms with Crippen LogP contribution >= 0.6 is 0 Å². The summed E-state index contributed by atoms with van der Waals surface area (Å²) < 4.78 is 31.8. The number of hydrogen-bond donors (Lipinski definition) is 1. The highest BCUT2D eigenvalue weighted by atomic mass is 19.1. The highest BCUT2D eigenvalue weighted by molar-refractivity contribution is 5.26. The molecule has 1 rings (SSSR count). The molecule has 0 radical (unpaired) electrons. The standard InChI is InChI=1S/C11H15F2NO/c1-3-11(2,7-14)15-10-8(12)5-4-6-9(10)13/h4-6H,3,7,14H2,1-2H3. The Morgan fingerprint density at radius 3 is 2.27 bits per heavy atom. The first-order chi connectivity index (χ1) is 7.02. The Labute approximate surface area is 88.0 Å². The fraction of sp³-hybridized carbons (Fsp3) is 0.455. The van der Waals surface area contributed by atoms with Gasteiger partial charge in [-0.25, -0.2) is 8.78 Å². The van der Waals surface area contributed by atoms with E-state index in [2.05, 4.69) is 0 Å². The van der Waals surface area contributed by atoms with Gasteiger partial charge in [0.05, 0.1) is 0 Å². The number of ether oxygens (including phenoxy) is 1.